The number of rotatable bonds is 7. The standard InChI is InChI=1S/C17H22N2O4/c1-4-7-12-8-5-6-9-14(12)23-11-13(20)10-19-15(21)17(2,3)18-16(19)22/h4-6,8-9,13,20H,1,7,10-11H2,2-3H3,(H,18,22). The number of hydrogen-bond acceptors (Lipinski definition) is 4. The van der Waals surface area contributed by atoms with Gasteiger partial charge in [-0.1, -0.05) is 24.3 Å². The highest BCUT2D eigenvalue weighted by atomic mass is 16.5. The number of allylic oxidation sites excluding steroid dienone is 1. The Bertz CT molecular complexity index is 612. The van der Waals surface area contributed by atoms with Crippen LogP contribution in [0, 0.1) is 0 Å². The zero-order valence-corrected chi connectivity index (χ0v) is 13.4. The number of amides is 3. The Labute approximate surface area is 135 Å². The molecule has 0 spiro atoms. The van der Waals surface area contributed by atoms with Crippen molar-refractivity contribution in [1.82, 2.24) is 10.2 Å². The molecule has 2 N–H and O–H groups in total. The zero-order chi connectivity index (χ0) is 17.0. The van der Waals surface area contributed by atoms with Gasteiger partial charge in [-0.3, -0.25) is 9.69 Å². The van der Waals surface area contributed by atoms with Crippen molar-refractivity contribution in [3.63, 3.8) is 0 Å². The first-order valence-corrected chi connectivity index (χ1v) is 7.49. The molecule has 1 atom stereocenters. The van der Waals surface area contributed by atoms with Gasteiger partial charge in [-0.05, 0) is 31.9 Å². The summed E-state index contributed by atoms with van der Waals surface area (Å²) in [7, 11) is 0. The maximum Gasteiger partial charge on any atom is 0.325 e. The van der Waals surface area contributed by atoms with Gasteiger partial charge >= 0.3 is 6.03 Å². The average Bonchev–Trinajstić information content (AvgIpc) is 2.69. The molecule has 0 aromatic heterocycles. The number of nitrogens with zero attached hydrogens (tertiary/aromatic N) is 1. The Hall–Kier alpha value is -2.34. The number of aliphatic hydroxyl groups excluding tert-OH is 1. The van der Waals surface area contributed by atoms with Gasteiger partial charge in [0.05, 0.1) is 6.54 Å². The van der Waals surface area contributed by atoms with Crippen molar-refractivity contribution >= 4 is 11.9 Å². The lowest BCUT2D eigenvalue weighted by Crippen LogP contribution is -2.42. The Morgan fingerprint density at radius 3 is 2.70 bits per heavy atom. The monoisotopic (exact) mass is 318 g/mol. The summed E-state index contributed by atoms with van der Waals surface area (Å²) in [6.07, 6.45) is 1.47. The molecule has 1 aliphatic rings. The first-order valence-electron chi connectivity index (χ1n) is 7.49. The third-order valence-electron chi connectivity index (χ3n) is 3.61. The smallest absolute Gasteiger partial charge is 0.325 e. The Kier molecular flexibility index (Phi) is 5.05. The number of nitrogens with one attached hydrogen (secondary N) is 1. The molecular weight excluding hydrogens is 296 g/mol. The van der Waals surface area contributed by atoms with Crippen molar-refractivity contribution in [3.05, 3.63) is 42.5 Å². The van der Waals surface area contributed by atoms with Gasteiger partial charge in [0, 0.05) is 0 Å². The predicted molar refractivity (Wildman–Crippen MR) is 86.2 cm³/mol. The normalized spacial score (nSPS) is 17.8. The van der Waals surface area contributed by atoms with Crippen molar-refractivity contribution in [2.24, 2.45) is 0 Å². The van der Waals surface area contributed by atoms with Crippen LogP contribution in [0.1, 0.15) is 19.4 Å². The summed E-state index contributed by atoms with van der Waals surface area (Å²) in [5, 5.41) is 12.7. The summed E-state index contributed by atoms with van der Waals surface area (Å²) in [5.41, 5.74) is 0.0274. The maximum absolute atomic E-state index is 12.1. The second kappa shape index (κ2) is 6.83. The number of hydrogen-bond donors (Lipinski definition) is 2. The zero-order valence-electron chi connectivity index (χ0n) is 13.4. The number of β-amino-alcohol motifs (C(OH)–C–C–N with tert-alkyl or cyclic N) is 1. The average molecular weight is 318 g/mol. The largest absolute Gasteiger partial charge is 0.491 e. The lowest BCUT2D eigenvalue weighted by Gasteiger charge is -2.20. The third kappa shape index (κ3) is 3.90. The topological polar surface area (TPSA) is 78.9 Å². The minimum atomic E-state index is -0.963. The quantitative estimate of drug-likeness (QED) is 0.590. The van der Waals surface area contributed by atoms with Gasteiger partial charge in [0.15, 0.2) is 0 Å². The van der Waals surface area contributed by atoms with E-state index in [0.29, 0.717) is 12.2 Å². The molecule has 23 heavy (non-hydrogen) atoms. The van der Waals surface area contributed by atoms with Crippen LogP contribution in [-0.2, 0) is 11.2 Å². The highest BCUT2D eigenvalue weighted by Gasteiger charge is 2.44. The van der Waals surface area contributed by atoms with Crippen molar-refractivity contribution in [1.29, 1.82) is 0 Å². The van der Waals surface area contributed by atoms with Gasteiger partial charge in [-0.15, -0.1) is 6.58 Å². The van der Waals surface area contributed by atoms with Crippen LogP contribution in [0.3, 0.4) is 0 Å². The van der Waals surface area contributed by atoms with Crippen LogP contribution >= 0.6 is 0 Å². The molecule has 1 aliphatic heterocycles. The van der Waals surface area contributed by atoms with Crippen molar-refractivity contribution < 1.29 is 19.4 Å². The maximum atomic E-state index is 12.1. The lowest BCUT2D eigenvalue weighted by molar-refractivity contribution is -0.131. The molecule has 0 saturated carbocycles. The van der Waals surface area contributed by atoms with E-state index in [2.05, 4.69) is 11.9 Å². The first-order chi connectivity index (χ1) is 10.8. The second-order valence-corrected chi connectivity index (χ2v) is 6.04. The lowest BCUT2D eigenvalue weighted by atomic mass is 10.1. The molecule has 2 rings (SSSR count). The molecule has 1 fully saturated rings. The Morgan fingerprint density at radius 1 is 1.39 bits per heavy atom. The molecule has 1 heterocycles. The Balaban J connectivity index is 1.93. The van der Waals surface area contributed by atoms with E-state index < -0.39 is 17.7 Å². The van der Waals surface area contributed by atoms with Gasteiger partial charge in [0.25, 0.3) is 5.91 Å². The van der Waals surface area contributed by atoms with Crippen molar-refractivity contribution in [2.45, 2.75) is 31.9 Å². The van der Waals surface area contributed by atoms with Crippen LogP contribution in [0.15, 0.2) is 36.9 Å². The summed E-state index contributed by atoms with van der Waals surface area (Å²) in [5.74, 6) is 0.303. The molecule has 124 valence electrons. The molecule has 3 amide bonds. The van der Waals surface area contributed by atoms with Crippen molar-refractivity contribution in [3.8, 4) is 5.75 Å². The van der Waals surface area contributed by atoms with Crippen LogP contribution in [0.25, 0.3) is 0 Å². The van der Waals surface area contributed by atoms with Crippen LogP contribution in [0.5, 0.6) is 5.75 Å². The molecule has 1 saturated heterocycles. The minimum Gasteiger partial charge on any atom is -0.491 e. The molecule has 1 aromatic rings. The summed E-state index contributed by atoms with van der Waals surface area (Å²) in [6, 6.07) is 6.98. The van der Waals surface area contributed by atoms with E-state index in [0.717, 1.165) is 10.5 Å². The highest BCUT2D eigenvalue weighted by molar-refractivity contribution is 6.06. The van der Waals surface area contributed by atoms with Gasteiger partial charge in [-0.2, -0.15) is 0 Å². The van der Waals surface area contributed by atoms with Crippen LogP contribution in [0.4, 0.5) is 4.79 Å². The summed E-state index contributed by atoms with van der Waals surface area (Å²) < 4.78 is 5.62. The second-order valence-electron chi connectivity index (χ2n) is 6.04. The van der Waals surface area contributed by atoms with Gasteiger partial charge in [0.2, 0.25) is 0 Å². The third-order valence-corrected chi connectivity index (χ3v) is 3.61. The first kappa shape index (κ1) is 17.0. The summed E-state index contributed by atoms with van der Waals surface area (Å²) in [4.78, 5) is 24.9. The van der Waals surface area contributed by atoms with E-state index in [1.54, 1.807) is 19.9 Å². The number of aliphatic hydroxyl groups is 1. The fourth-order valence-electron chi connectivity index (χ4n) is 2.40. The van der Waals surface area contributed by atoms with Gasteiger partial charge < -0.3 is 15.2 Å². The van der Waals surface area contributed by atoms with Gasteiger partial charge in [0.1, 0.15) is 24.0 Å². The van der Waals surface area contributed by atoms with Crippen LogP contribution in [-0.4, -0.2) is 46.7 Å². The SMILES string of the molecule is C=CCc1ccccc1OCC(O)CN1C(=O)NC(C)(C)C1=O. The van der Waals surface area contributed by atoms with Crippen LogP contribution in [0.2, 0.25) is 0 Å². The Morgan fingerprint density at radius 2 is 2.09 bits per heavy atom. The molecule has 1 unspecified atom stereocenters. The molecular formula is C17H22N2O4. The molecule has 1 aromatic carbocycles. The fourth-order valence-corrected chi connectivity index (χ4v) is 2.40. The summed E-state index contributed by atoms with van der Waals surface area (Å²) in [6.45, 7) is 6.84. The van der Waals surface area contributed by atoms with E-state index in [1.165, 1.54) is 0 Å². The molecule has 0 aliphatic carbocycles. The number of para-hydroxylation sites is 1. The number of urea groups is 1. The predicted octanol–water partition coefficient (Wildman–Crippen LogP) is 1.49. The van der Waals surface area contributed by atoms with Crippen LogP contribution < -0.4 is 10.1 Å². The van der Waals surface area contributed by atoms with E-state index >= 15 is 0 Å². The van der Waals surface area contributed by atoms with E-state index in [1.807, 2.05) is 24.3 Å². The number of ether oxygens (including phenoxy) is 1. The summed E-state index contributed by atoms with van der Waals surface area (Å²) >= 11 is 0. The van der Waals surface area contributed by atoms with E-state index in [-0.39, 0.29) is 19.1 Å². The number of carbonyl (C=O) groups is 2. The van der Waals surface area contributed by atoms with E-state index in [4.69, 9.17) is 4.74 Å². The number of imide groups is 1. The molecule has 0 bridgehead atoms. The van der Waals surface area contributed by atoms with Gasteiger partial charge in [-0.25, -0.2) is 4.79 Å². The minimum absolute atomic E-state index is 0.00829. The van der Waals surface area contributed by atoms with E-state index in [9.17, 15) is 14.7 Å². The number of carbonyl (C=O) groups excluding carboxylic acids is 2. The molecule has 6 nitrogen and oxygen atoms in total. The fraction of sp³-hybridized carbons (Fsp3) is 0.412. The van der Waals surface area contributed by atoms with Crippen molar-refractivity contribution in [2.75, 3.05) is 13.2 Å². The number of benzene rings is 1. The molecule has 6 heteroatoms. The molecule has 0 radical (unpaired) electrons. The highest BCUT2D eigenvalue weighted by Crippen LogP contribution is 2.20.